The van der Waals surface area contributed by atoms with Gasteiger partial charge in [-0.15, -0.1) is 0 Å². The molecule has 1 atom stereocenters. The van der Waals surface area contributed by atoms with Crippen molar-refractivity contribution in [3.05, 3.63) is 36.0 Å². The molecule has 172 valence electrons. The Morgan fingerprint density at radius 2 is 2.06 bits per heavy atom. The van der Waals surface area contributed by atoms with E-state index in [1.54, 1.807) is 17.0 Å². The third-order valence-corrected chi connectivity index (χ3v) is 5.28. The number of halogens is 1. The molecular weight excluding hydrogens is 415 g/mol. The molecule has 1 amide bonds. The van der Waals surface area contributed by atoms with Crippen LogP contribution in [0, 0.1) is 5.82 Å². The van der Waals surface area contributed by atoms with Crippen molar-refractivity contribution >= 4 is 12.1 Å². The number of carbonyl (C=O) groups is 1. The molecule has 2 aromatic rings. The highest BCUT2D eigenvalue weighted by molar-refractivity contribution is 5.82. The maximum atomic E-state index is 13.1. The molecule has 2 aliphatic rings. The van der Waals surface area contributed by atoms with Gasteiger partial charge < -0.3 is 24.4 Å². The van der Waals surface area contributed by atoms with E-state index in [9.17, 15) is 9.18 Å². The number of rotatable bonds is 5. The summed E-state index contributed by atoms with van der Waals surface area (Å²) in [5, 5.41) is 7.35. The van der Waals surface area contributed by atoms with Crippen molar-refractivity contribution in [1.29, 1.82) is 0 Å². The molecule has 0 aliphatic carbocycles. The number of nitrogens with zero attached hydrogens (tertiary/aromatic N) is 5. The van der Waals surface area contributed by atoms with Crippen LogP contribution in [0.15, 0.2) is 33.8 Å². The predicted molar refractivity (Wildman–Crippen MR) is 117 cm³/mol. The molecule has 0 saturated carbocycles. The zero-order valence-electron chi connectivity index (χ0n) is 18.7. The van der Waals surface area contributed by atoms with Gasteiger partial charge in [-0.1, -0.05) is 5.16 Å². The Kier molecular flexibility index (Phi) is 6.29. The molecule has 1 aromatic carbocycles. The van der Waals surface area contributed by atoms with Gasteiger partial charge in [-0.2, -0.15) is 4.98 Å². The number of aliphatic imine (C=N–C) groups is 1. The van der Waals surface area contributed by atoms with Gasteiger partial charge in [-0.05, 0) is 51.5 Å². The van der Waals surface area contributed by atoms with Crippen LogP contribution in [0.2, 0.25) is 0 Å². The summed E-state index contributed by atoms with van der Waals surface area (Å²) in [6, 6.07) is 6.18. The predicted octanol–water partition coefficient (Wildman–Crippen LogP) is 2.69. The second kappa shape index (κ2) is 9.13. The lowest BCUT2D eigenvalue weighted by atomic mass is 10.2. The Balaban J connectivity index is 1.20. The van der Waals surface area contributed by atoms with Gasteiger partial charge in [0.2, 0.25) is 11.7 Å². The molecule has 10 heteroatoms. The van der Waals surface area contributed by atoms with Crippen molar-refractivity contribution in [1.82, 2.24) is 25.3 Å². The van der Waals surface area contributed by atoms with Gasteiger partial charge in [-0.25, -0.2) is 9.18 Å². The van der Waals surface area contributed by atoms with Crippen molar-refractivity contribution in [2.75, 3.05) is 32.7 Å². The van der Waals surface area contributed by atoms with Crippen LogP contribution in [0.5, 0.6) is 0 Å². The number of benzene rings is 1. The Morgan fingerprint density at radius 3 is 2.81 bits per heavy atom. The SMILES string of the molecule is CC(C)(C)OC(=O)N1CCN2C(NCCCc3nc(-c4ccc(F)cc4)no3)=NCC2C1. The third-order valence-electron chi connectivity index (χ3n) is 5.28. The van der Waals surface area contributed by atoms with Gasteiger partial charge >= 0.3 is 6.09 Å². The van der Waals surface area contributed by atoms with Crippen molar-refractivity contribution in [3.8, 4) is 11.4 Å². The molecular formula is C22H29FN6O3. The first-order valence-electron chi connectivity index (χ1n) is 10.9. The largest absolute Gasteiger partial charge is 0.444 e. The maximum absolute atomic E-state index is 13.1. The zero-order chi connectivity index (χ0) is 22.7. The number of amides is 1. The van der Waals surface area contributed by atoms with E-state index in [1.165, 1.54) is 12.1 Å². The molecule has 2 aliphatic heterocycles. The van der Waals surface area contributed by atoms with E-state index in [-0.39, 0.29) is 18.0 Å². The van der Waals surface area contributed by atoms with E-state index in [0.29, 0.717) is 44.3 Å². The quantitative estimate of drug-likeness (QED) is 0.709. The lowest BCUT2D eigenvalue weighted by Crippen LogP contribution is -2.57. The first kappa shape index (κ1) is 22.0. The summed E-state index contributed by atoms with van der Waals surface area (Å²) in [4.78, 5) is 25.3. The van der Waals surface area contributed by atoms with Crippen LogP contribution in [0.4, 0.5) is 9.18 Å². The number of hydrogen-bond acceptors (Lipinski definition) is 8. The van der Waals surface area contributed by atoms with E-state index in [0.717, 1.165) is 24.5 Å². The van der Waals surface area contributed by atoms with Gasteiger partial charge in [0.25, 0.3) is 0 Å². The minimum absolute atomic E-state index is 0.174. The lowest BCUT2D eigenvalue weighted by Gasteiger charge is -2.39. The molecule has 1 saturated heterocycles. The molecule has 32 heavy (non-hydrogen) atoms. The number of aromatic nitrogens is 2. The molecule has 3 heterocycles. The first-order valence-corrected chi connectivity index (χ1v) is 10.9. The fourth-order valence-corrected chi connectivity index (χ4v) is 3.74. The second-order valence-electron chi connectivity index (χ2n) is 8.99. The van der Waals surface area contributed by atoms with Crippen molar-refractivity contribution in [3.63, 3.8) is 0 Å². The second-order valence-corrected chi connectivity index (χ2v) is 8.99. The molecule has 0 bridgehead atoms. The van der Waals surface area contributed by atoms with Gasteiger partial charge in [0.1, 0.15) is 11.4 Å². The smallest absolute Gasteiger partial charge is 0.410 e. The van der Waals surface area contributed by atoms with Crippen LogP contribution in [0.1, 0.15) is 33.1 Å². The van der Waals surface area contributed by atoms with Crippen molar-refractivity contribution in [2.24, 2.45) is 4.99 Å². The Morgan fingerprint density at radius 1 is 1.28 bits per heavy atom. The molecule has 1 fully saturated rings. The number of hydrogen-bond donors (Lipinski definition) is 1. The number of piperazine rings is 1. The molecule has 9 nitrogen and oxygen atoms in total. The standard InChI is InChI=1S/C22H29FN6O3/c1-22(2,3)31-21(30)28-11-12-29-17(14-28)13-25-20(29)24-10-4-5-18-26-19(27-32-18)15-6-8-16(23)9-7-15/h6-9,17H,4-5,10-14H2,1-3H3,(H,24,25). The fraction of sp³-hybridized carbons (Fsp3) is 0.545. The minimum Gasteiger partial charge on any atom is -0.444 e. The van der Waals surface area contributed by atoms with E-state index in [2.05, 4.69) is 25.3 Å². The Hall–Kier alpha value is -3.17. The Bertz CT molecular complexity index is 969. The maximum Gasteiger partial charge on any atom is 0.410 e. The molecule has 0 spiro atoms. The summed E-state index contributed by atoms with van der Waals surface area (Å²) in [6.45, 7) is 8.94. The van der Waals surface area contributed by atoms with Crippen molar-refractivity contribution in [2.45, 2.75) is 45.3 Å². The van der Waals surface area contributed by atoms with Gasteiger partial charge in [-0.3, -0.25) is 4.99 Å². The molecule has 0 radical (unpaired) electrons. The summed E-state index contributed by atoms with van der Waals surface area (Å²) >= 11 is 0. The lowest BCUT2D eigenvalue weighted by molar-refractivity contribution is 0.0137. The highest BCUT2D eigenvalue weighted by Gasteiger charge is 2.36. The van der Waals surface area contributed by atoms with E-state index in [1.807, 2.05) is 20.8 Å². The van der Waals surface area contributed by atoms with Crippen LogP contribution in [-0.2, 0) is 11.2 Å². The average Bonchev–Trinajstić information content (AvgIpc) is 3.37. The normalized spacial score (nSPS) is 18.4. The van der Waals surface area contributed by atoms with E-state index >= 15 is 0 Å². The summed E-state index contributed by atoms with van der Waals surface area (Å²) in [5.41, 5.74) is 0.224. The molecule has 1 unspecified atom stereocenters. The number of ether oxygens (including phenoxy) is 1. The average molecular weight is 445 g/mol. The third kappa shape index (κ3) is 5.35. The highest BCUT2D eigenvalue weighted by atomic mass is 19.1. The molecule has 1 aromatic heterocycles. The monoisotopic (exact) mass is 444 g/mol. The van der Waals surface area contributed by atoms with Crippen LogP contribution >= 0.6 is 0 Å². The van der Waals surface area contributed by atoms with Crippen LogP contribution < -0.4 is 5.32 Å². The first-order chi connectivity index (χ1) is 15.3. The number of carbonyl (C=O) groups excluding carboxylic acids is 1. The number of nitrogens with one attached hydrogen (secondary N) is 1. The van der Waals surface area contributed by atoms with Crippen LogP contribution in [0.25, 0.3) is 11.4 Å². The number of aryl methyl sites for hydroxylation is 1. The van der Waals surface area contributed by atoms with E-state index in [4.69, 9.17) is 9.26 Å². The summed E-state index contributed by atoms with van der Waals surface area (Å²) in [5.74, 6) is 1.57. The van der Waals surface area contributed by atoms with Crippen LogP contribution in [-0.4, -0.2) is 76.4 Å². The fourth-order valence-electron chi connectivity index (χ4n) is 3.74. The molecule has 1 N–H and O–H groups in total. The highest BCUT2D eigenvalue weighted by Crippen LogP contribution is 2.19. The van der Waals surface area contributed by atoms with Gasteiger partial charge in [0.15, 0.2) is 5.96 Å². The summed E-state index contributed by atoms with van der Waals surface area (Å²) in [6.07, 6.45) is 1.16. The van der Waals surface area contributed by atoms with E-state index < -0.39 is 5.60 Å². The summed E-state index contributed by atoms with van der Waals surface area (Å²) < 4.78 is 23.8. The van der Waals surface area contributed by atoms with Gasteiger partial charge in [0.05, 0.1) is 12.6 Å². The Labute approximate surface area is 186 Å². The molecule has 4 rings (SSSR count). The summed E-state index contributed by atoms with van der Waals surface area (Å²) in [7, 11) is 0. The van der Waals surface area contributed by atoms with Gasteiger partial charge in [0, 0.05) is 38.2 Å². The van der Waals surface area contributed by atoms with Crippen molar-refractivity contribution < 1.29 is 18.4 Å². The number of fused-ring (bicyclic) bond motifs is 1. The minimum atomic E-state index is -0.495. The van der Waals surface area contributed by atoms with Crippen LogP contribution in [0.3, 0.4) is 0 Å². The zero-order valence-corrected chi connectivity index (χ0v) is 18.7. The number of guanidine groups is 1. The topological polar surface area (TPSA) is 96.1 Å².